The molecule has 0 aliphatic heterocycles. The Labute approximate surface area is 178 Å². The van der Waals surface area contributed by atoms with Crippen LogP contribution in [-0.4, -0.2) is 43.4 Å². The van der Waals surface area contributed by atoms with E-state index >= 15 is 0 Å². The van der Waals surface area contributed by atoms with E-state index in [1.807, 2.05) is 27.9 Å². The quantitative estimate of drug-likeness (QED) is 0.661. The number of likely N-dealkylation sites (N-methyl/N-ethyl adjacent to an activating group) is 1. The second-order valence-corrected chi connectivity index (χ2v) is 8.02. The lowest BCUT2D eigenvalue weighted by molar-refractivity contribution is -0.124. The van der Waals surface area contributed by atoms with E-state index in [0.717, 1.165) is 12.0 Å². The lowest BCUT2D eigenvalue weighted by Gasteiger charge is -2.27. The molecule has 2 N–H and O–H groups in total. The Kier molecular flexibility index (Phi) is 8.54. The number of halogens is 1. The summed E-state index contributed by atoms with van der Waals surface area (Å²) in [4.78, 5) is 27.4. The van der Waals surface area contributed by atoms with Crippen molar-refractivity contribution >= 4 is 11.8 Å². The number of hydrogen-bond donors (Lipinski definition) is 2. The highest BCUT2D eigenvalue weighted by Gasteiger charge is 2.26. The molecule has 0 unspecified atom stereocenters. The summed E-state index contributed by atoms with van der Waals surface area (Å²) >= 11 is 0. The van der Waals surface area contributed by atoms with Gasteiger partial charge in [0.2, 0.25) is 5.91 Å². The maximum absolute atomic E-state index is 13.1. The van der Waals surface area contributed by atoms with Crippen LogP contribution in [0.1, 0.15) is 48.3 Å². The number of aryl methyl sites for hydroxylation is 1. The molecule has 0 aromatic heterocycles. The zero-order chi connectivity index (χ0) is 22.3. The summed E-state index contributed by atoms with van der Waals surface area (Å²) in [5, 5.41) is 5.76. The number of amides is 2. The van der Waals surface area contributed by atoms with Crippen molar-refractivity contribution in [3.05, 3.63) is 71.0 Å². The number of rotatable bonds is 9. The minimum Gasteiger partial charge on any atom is -0.352 e. The van der Waals surface area contributed by atoms with Crippen molar-refractivity contribution in [1.82, 2.24) is 15.5 Å². The summed E-state index contributed by atoms with van der Waals surface area (Å²) in [6.45, 7) is 6.29. The van der Waals surface area contributed by atoms with Gasteiger partial charge in [-0.1, -0.05) is 45.0 Å². The van der Waals surface area contributed by atoms with Crippen LogP contribution < -0.4 is 10.6 Å². The standard InChI is InChI=1S/C24H32FN3O2/c1-6-17-7-9-18(10-8-17)21(28(4)5)15-26-24(30)22(16(2)3)27-23(29)19-11-13-20(25)14-12-19/h7-14,16,21-22H,6,15H2,1-5H3,(H,26,30)(H,27,29)/t21-,22-/m1/s1. The molecule has 5 nitrogen and oxygen atoms in total. The molecule has 30 heavy (non-hydrogen) atoms. The van der Waals surface area contributed by atoms with Gasteiger partial charge >= 0.3 is 0 Å². The van der Waals surface area contributed by atoms with Gasteiger partial charge in [-0.3, -0.25) is 9.59 Å². The van der Waals surface area contributed by atoms with Crippen molar-refractivity contribution in [2.24, 2.45) is 5.92 Å². The maximum atomic E-state index is 13.1. The predicted octanol–water partition coefficient (Wildman–Crippen LogP) is 3.56. The fourth-order valence-corrected chi connectivity index (χ4v) is 3.24. The van der Waals surface area contributed by atoms with Crippen molar-refractivity contribution in [2.75, 3.05) is 20.6 Å². The fraction of sp³-hybridized carbons (Fsp3) is 0.417. The molecule has 0 bridgehead atoms. The van der Waals surface area contributed by atoms with Gasteiger partial charge in [-0.15, -0.1) is 0 Å². The van der Waals surface area contributed by atoms with Gasteiger partial charge < -0.3 is 15.5 Å². The molecule has 2 rings (SSSR count). The van der Waals surface area contributed by atoms with E-state index in [4.69, 9.17) is 0 Å². The Bertz CT molecular complexity index is 833. The highest BCUT2D eigenvalue weighted by Crippen LogP contribution is 2.18. The first-order valence-corrected chi connectivity index (χ1v) is 10.3. The Morgan fingerprint density at radius 2 is 1.60 bits per heavy atom. The lowest BCUT2D eigenvalue weighted by atomic mass is 10.0. The molecular formula is C24H32FN3O2. The molecule has 0 aliphatic rings. The van der Waals surface area contributed by atoms with E-state index in [1.165, 1.54) is 29.8 Å². The van der Waals surface area contributed by atoms with Gasteiger partial charge in [-0.05, 0) is 61.8 Å². The molecule has 0 saturated heterocycles. The smallest absolute Gasteiger partial charge is 0.251 e. The van der Waals surface area contributed by atoms with Crippen molar-refractivity contribution in [1.29, 1.82) is 0 Å². The highest BCUT2D eigenvalue weighted by molar-refractivity contribution is 5.97. The molecule has 2 atom stereocenters. The minimum absolute atomic E-state index is 0.0143. The molecule has 0 spiro atoms. The van der Waals surface area contributed by atoms with E-state index in [-0.39, 0.29) is 17.9 Å². The first-order chi connectivity index (χ1) is 14.2. The fourth-order valence-electron chi connectivity index (χ4n) is 3.24. The average Bonchev–Trinajstić information content (AvgIpc) is 2.72. The van der Waals surface area contributed by atoms with Gasteiger partial charge in [0.1, 0.15) is 11.9 Å². The van der Waals surface area contributed by atoms with Crippen LogP contribution in [0.15, 0.2) is 48.5 Å². The van der Waals surface area contributed by atoms with Crippen molar-refractivity contribution < 1.29 is 14.0 Å². The molecule has 2 amide bonds. The second kappa shape index (κ2) is 10.9. The molecule has 0 fully saturated rings. The summed E-state index contributed by atoms with van der Waals surface area (Å²) in [6.07, 6.45) is 0.980. The highest BCUT2D eigenvalue weighted by atomic mass is 19.1. The zero-order valence-electron chi connectivity index (χ0n) is 18.4. The van der Waals surface area contributed by atoms with Crippen LogP contribution in [0.2, 0.25) is 0 Å². The van der Waals surface area contributed by atoms with Gasteiger partial charge in [0.15, 0.2) is 0 Å². The van der Waals surface area contributed by atoms with Crippen LogP contribution >= 0.6 is 0 Å². The largest absolute Gasteiger partial charge is 0.352 e. The van der Waals surface area contributed by atoms with Gasteiger partial charge in [-0.25, -0.2) is 4.39 Å². The van der Waals surface area contributed by atoms with Gasteiger partial charge in [0, 0.05) is 12.1 Å². The van der Waals surface area contributed by atoms with E-state index in [0.29, 0.717) is 12.1 Å². The van der Waals surface area contributed by atoms with E-state index < -0.39 is 17.8 Å². The van der Waals surface area contributed by atoms with E-state index in [2.05, 4.69) is 46.7 Å². The topological polar surface area (TPSA) is 61.4 Å². The lowest BCUT2D eigenvalue weighted by Crippen LogP contribution is -2.51. The van der Waals surface area contributed by atoms with Crippen LogP contribution in [0, 0.1) is 11.7 Å². The monoisotopic (exact) mass is 413 g/mol. The van der Waals surface area contributed by atoms with E-state index in [9.17, 15) is 14.0 Å². The summed E-state index contributed by atoms with van der Waals surface area (Å²) in [7, 11) is 3.95. The van der Waals surface area contributed by atoms with Crippen LogP contribution in [0.25, 0.3) is 0 Å². The van der Waals surface area contributed by atoms with Gasteiger partial charge in [-0.2, -0.15) is 0 Å². The predicted molar refractivity (Wildman–Crippen MR) is 118 cm³/mol. The second-order valence-electron chi connectivity index (χ2n) is 8.02. The molecule has 2 aromatic rings. The van der Waals surface area contributed by atoms with E-state index in [1.54, 1.807) is 0 Å². The molecule has 162 valence electrons. The Morgan fingerprint density at radius 3 is 2.10 bits per heavy atom. The molecule has 6 heteroatoms. The number of benzene rings is 2. The molecular weight excluding hydrogens is 381 g/mol. The van der Waals surface area contributed by atoms with Crippen molar-refractivity contribution in [3.8, 4) is 0 Å². The number of carbonyl (C=O) groups is 2. The van der Waals surface area contributed by atoms with Crippen LogP contribution in [0.3, 0.4) is 0 Å². The van der Waals surface area contributed by atoms with Crippen LogP contribution in [0.5, 0.6) is 0 Å². The summed E-state index contributed by atoms with van der Waals surface area (Å²) in [5.74, 6) is -1.15. The Morgan fingerprint density at radius 1 is 1.00 bits per heavy atom. The first kappa shape index (κ1) is 23.5. The van der Waals surface area contributed by atoms with Crippen molar-refractivity contribution in [2.45, 2.75) is 39.3 Å². The van der Waals surface area contributed by atoms with Gasteiger partial charge in [0.05, 0.1) is 6.04 Å². The zero-order valence-corrected chi connectivity index (χ0v) is 18.4. The van der Waals surface area contributed by atoms with Crippen LogP contribution in [-0.2, 0) is 11.2 Å². The third-order valence-electron chi connectivity index (χ3n) is 5.21. The number of hydrogen-bond acceptors (Lipinski definition) is 3. The normalized spacial score (nSPS) is 13.2. The molecule has 0 heterocycles. The molecule has 0 saturated carbocycles. The number of carbonyl (C=O) groups excluding carboxylic acids is 2. The van der Waals surface area contributed by atoms with Gasteiger partial charge in [0.25, 0.3) is 5.91 Å². The summed E-state index contributed by atoms with van der Waals surface area (Å²) in [5.41, 5.74) is 2.70. The Hall–Kier alpha value is -2.73. The summed E-state index contributed by atoms with van der Waals surface area (Å²) < 4.78 is 13.1. The summed E-state index contributed by atoms with van der Waals surface area (Å²) in [6, 6.07) is 13.0. The third-order valence-corrected chi connectivity index (χ3v) is 5.21. The number of nitrogens with one attached hydrogen (secondary N) is 2. The third kappa shape index (κ3) is 6.39. The molecule has 0 aliphatic carbocycles. The number of nitrogens with zero attached hydrogens (tertiary/aromatic N) is 1. The maximum Gasteiger partial charge on any atom is 0.251 e. The minimum atomic E-state index is -0.687. The van der Waals surface area contributed by atoms with Crippen molar-refractivity contribution in [3.63, 3.8) is 0 Å². The molecule has 2 aromatic carbocycles. The first-order valence-electron chi connectivity index (χ1n) is 10.3. The van der Waals surface area contributed by atoms with Crippen LogP contribution in [0.4, 0.5) is 4.39 Å². The molecule has 0 radical (unpaired) electrons. The Balaban J connectivity index is 2.05. The average molecular weight is 414 g/mol. The SMILES string of the molecule is CCc1ccc([C@@H](CNC(=O)[C@H](NC(=O)c2ccc(F)cc2)C(C)C)N(C)C)cc1.